The minimum Gasteiger partial charge on any atom is -0.469 e. The van der Waals surface area contributed by atoms with Crippen LogP contribution in [0.15, 0.2) is 45.5 Å². The highest BCUT2D eigenvalue weighted by Crippen LogP contribution is 2.24. The summed E-state index contributed by atoms with van der Waals surface area (Å²) in [5, 5.41) is 0. The number of hydrazine groups is 1. The van der Waals surface area contributed by atoms with E-state index in [0.29, 0.717) is 0 Å². The minimum absolute atomic E-state index is 0.0543. The Morgan fingerprint density at radius 2 is 2.24 bits per heavy atom. The van der Waals surface area contributed by atoms with Crippen LogP contribution in [0.4, 0.5) is 0 Å². The highest BCUT2D eigenvalue weighted by atomic mass is 79.9. The van der Waals surface area contributed by atoms with E-state index in [-0.39, 0.29) is 6.04 Å². The first-order valence-corrected chi connectivity index (χ1v) is 6.24. The maximum atomic E-state index is 5.63. The predicted octanol–water partition coefficient (Wildman–Crippen LogP) is 3.10. The van der Waals surface area contributed by atoms with Gasteiger partial charge in [0, 0.05) is 10.9 Å². The van der Waals surface area contributed by atoms with Crippen LogP contribution in [-0.4, -0.2) is 0 Å². The fraction of sp³-hybridized carbons (Fsp3) is 0.231. The van der Waals surface area contributed by atoms with E-state index in [4.69, 9.17) is 10.3 Å². The van der Waals surface area contributed by atoms with Crippen LogP contribution in [0, 0.1) is 6.92 Å². The van der Waals surface area contributed by atoms with Gasteiger partial charge in [0.15, 0.2) is 0 Å². The molecule has 0 aliphatic carbocycles. The van der Waals surface area contributed by atoms with Crippen molar-refractivity contribution < 1.29 is 4.42 Å². The predicted molar refractivity (Wildman–Crippen MR) is 71.4 cm³/mol. The molecule has 1 atom stereocenters. The third kappa shape index (κ3) is 2.97. The first-order chi connectivity index (χ1) is 8.20. The van der Waals surface area contributed by atoms with Gasteiger partial charge in [-0.25, -0.2) is 0 Å². The van der Waals surface area contributed by atoms with Gasteiger partial charge in [-0.1, -0.05) is 22.0 Å². The molecule has 0 aliphatic heterocycles. The third-order valence-electron chi connectivity index (χ3n) is 2.80. The lowest BCUT2D eigenvalue weighted by Gasteiger charge is -2.17. The van der Waals surface area contributed by atoms with E-state index in [2.05, 4.69) is 40.4 Å². The molecule has 1 unspecified atom stereocenters. The molecule has 4 heteroatoms. The van der Waals surface area contributed by atoms with Crippen molar-refractivity contribution in [3.63, 3.8) is 0 Å². The van der Waals surface area contributed by atoms with E-state index >= 15 is 0 Å². The second-order valence-electron chi connectivity index (χ2n) is 4.00. The zero-order valence-corrected chi connectivity index (χ0v) is 11.2. The molecule has 2 aromatic rings. The van der Waals surface area contributed by atoms with Gasteiger partial charge in [0.2, 0.25) is 0 Å². The van der Waals surface area contributed by atoms with Crippen molar-refractivity contribution in [3.8, 4) is 0 Å². The Kier molecular flexibility index (Phi) is 3.99. The Morgan fingerprint density at radius 1 is 1.41 bits per heavy atom. The normalized spacial score (nSPS) is 12.6. The lowest BCUT2D eigenvalue weighted by molar-refractivity contribution is 0.454. The van der Waals surface area contributed by atoms with Gasteiger partial charge in [-0.15, -0.1) is 0 Å². The molecule has 0 saturated heterocycles. The molecular formula is C13H15BrN2O. The van der Waals surface area contributed by atoms with Crippen molar-refractivity contribution in [3.05, 3.63) is 58.0 Å². The van der Waals surface area contributed by atoms with Crippen molar-refractivity contribution in [1.29, 1.82) is 0 Å². The highest BCUT2D eigenvalue weighted by Gasteiger charge is 2.14. The monoisotopic (exact) mass is 294 g/mol. The molecule has 1 heterocycles. The molecule has 2 rings (SSSR count). The van der Waals surface area contributed by atoms with Gasteiger partial charge >= 0.3 is 0 Å². The van der Waals surface area contributed by atoms with Crippen molar-refractivity contribution in [2.24, 2.45) is 5.84 Å². The molecular weight excluding hydrogens is 280 g/mol. The van der Waals surface area contributed by atoms with Crippen molar-refractivity contribution in [1.82, 2.24) is 5.43 Å². The number of furan rings is 1. The lowest BCUT2D eigenvalue weighted by atomic mass is 9.98. The maximum Gasteiger partial charge on any atom is 0.105 e. The average molecular weight is 295 g/mol. The Labute approximate surface area is 109 Å². The van der Waals surface area contributed by atoms with Gasteiger partial charge in [-0.3, -0.25) is 11.3 Å². The molecule has 1 aromatic carbocycles. The smallest absolute Gasteiger partial charge is 0.105 e. The SMILES string of the molecule is Cc1ccc(Br)cc1C(Cc1ccco1)NN. The van der Waals surface area contributed by atoms with Crippen molar-refractivity contribution >= 4 is 15.9 Å². The van der Waals surface area contributed by atoms with E-state index in [1.54, 1.807) is 6.26 Å². The molecule has 3 N–H and O–H groups in total. The number of halogens is 1. The Bertz CT molecular complexity index is 482. The van der Waals surface area contributed by atoms with Crippen LogP contribution in [0.5, 0.6) is 0 Å². The van der Waals surface area contributed by atoms with E-state index in [0.717, 1.165) is 16.7 Å². The number of nitrogens with one attached hydrogen (secondary N) is 1. The van der Waals surface area contributed by atoms with Crippen molar-refractivity contribution in [2.45, 2.75) is 19.4 Å². The van der Waals surface area contributed by atoms with Crippen LogP contribution < -0.4 is 11.3 Å². The molecule has 0 amide bonds. The summed E-state index contributed by atoms with van der Waals surface area (Å²) >= 11 is 3.48. The molecule has 0 spiro atoms. The molecule has 17 heavy (non-hydrogen) atoms. The summed E-state index contributed by atoms with van der Waals surface area (Å²) in [5.74, 6) is 6.56. The molecule has 1 aromatic heterocycles. The number of aryl methyl sites for hydroxylation is 1. The third-order valence-corrected chi connectivity index (χ3v) is 3.30. The van der Waals surface area contributed by atoms with E-state index in [9.17, 15) is 0 Å². The fourth-order valence-electron chi connectivity index (χ4n) is 1.88. The Morgan fingerprint density at radius 3 is 2.88 bits per heavy atom. The van der Waals surface area contributed by atoms with Crippen LogP contribution >= 0.6 is 15.9 Å². The second-order valence-corrected chi connectivity index (χ2v) is 4.92. The molecule has 0 fully saturated rings. The van der Waals surface area contributed by atoms with E-state index in [1.165, 1.54) is 11.1 Å². The quantitative estimate of drug-likeness (QED) is 0.673. The van der Waals surface area contributed by atoms with Gasteiger partial charge < -0.3 is 4.42 Å². The molecule has 0 radical (unpaired) electrons. The van der Waals surface area contributed by atoms with Crippen LogP contribution in [0.25, 0.3) is 0 Å². The molecule has 0 saturated carbocycles. The highest BCUT2D eigenvalue weighted by molar-refractivity contribution is 9.10. The summed E-state index contributed by atoms with van der Waals surface area (Å²) in [4.78, 5) is 0. The van der Waals surface area contributed by atoms with Crippen LogP contribution in [-0.2, 0) is 6.42 Å². The van der Waals surface area contributed by atoms with Crippen LogP contribution in [0.2, 0.25) is 0 Å². The zero-order valence-electron chi connectivity index (χ0n) is 9.61. The number of hydrogen-bond acceptors (Lipinski definition) is 3. The van der Waals surface area contributed by atoms with Gasteiger partial charge in [0.1, 0.15) is 5.76 Å². The second kappa shape index (κ2) is 5.49. The molecule has 0 bridgehead atoms. The summed E-state index contributed by atoms with van der Waals surface area (Å²) in [6, 6.07) is 10.1. The maximum absolute atomic E-state index is 5.63. The first kappa shape index (κ1) is 12.4. The van der Waals surface area contributed by atoms with Gasteiger partial charge in [0.25, 0.3) is 0 Å². The summed E-state index contributed by atoms with van der Waals surface area (Å²) in [7, 11) is 0. The molecule has 3 nitrogen and oxygen atoms in total. The van der Waals surface area contributed by atoms with E-state index < -0.39 is 0 Å². The summed E-state index contributed by atoms with van der Waals surface area (Å²) in [5.41, 5.74) is 5.23. The Balaban J connectivity index is 2.25. The summed E-state index contributed by atoms with van der Waals surface area (Å²) in [6.07, 6.45) is 2.41. The van der Waals surface area contributed by atoms with E-state index in [1.807, 2.05) is 18.2 Å². The number of benzene rings is 1. The van der Waals surface area contributed by atoms with Gasteiger partial charge in [-0.05, 0) is 42.3 Å². The summed E-state index contributed by atoms with van der Waals surface area (Å²) in [6.45, 7) is 2.08. The number of nitrogens with two attached hydrogens (primary N) is 1. The standard InChI is InChI=1S/C13H15BrN2O/c1-9-4-5-10(14)7-12(9)13(16-15)8-11-3-2-6-17-11/h2-7,13,16H,8,15H2,1H3. The number of hydrogen-bond donors (Lipinski definition) is 2. The topological polar surface area (TPSA) is 51.2 Å². The fourth-order valence-corrected chi connectivity index (χ4v) is 2.25. The molecule has 0 aliphatic rings. The zero-order chi connectivity index (χ0) is 12.3. The first-order valence-electron chi connectivity index (χ1n) is 5.45. The van der Waals surface area contributed by atoms with Gasteiger partial charge in [0.05, 0.1) is 12.3 Å². The lowest BCUT2D eigenvalue weighted by Crippen LogP contribution is -2.30. The van der Waals surface area contributed by atoms with Crippen LogP contribution in [0.1, 0.15) is 22.9 Å². The molecule has 90 valence electrons. The minimum atomic E-state index is 0.0543. The average Bonchev–Trinajstić information content (AvgIpc) is 2.82. The summed E-state index contributed by atoms with van der Waals surface area (Å²) < 4.78 is 6.40. The Hall–Kier alpha value is -1.10. The number of rotatable bonds is 4. The van der Waals surface area contributed by atoms with Crippen LogP contribution in [0.3, 0.4) is 0 Å². The van der Waals surface area contributed by atoms with Gasteiger partial charge in [-0.2, -0.15) is 0 Å². The largest absolute Gasteiger partial charge is 0.469 e. The van der Waals surface area contributed by atoms with Crippen molar-refractivity contribution in [2.75, 3.05) is 0 Å².